The zero-order valence-corrected chi connectivity index (χ0v) is 30.3. The van der Waals surface area contributed by atoms with Crippen molar-refractivity contribution in [2.45, 2.75) is 112 Å². The van der Waals surface area contributed by atoms with Gasteiger partial charge < -0.3 is 14.5 Å². The second-order valence-corrected chi connectivity index (χ2v) is 15.9. The van der Waals surface area contributed by atoms with Crippen LogP contribution in [0.3, 0.4) is 0 Å². The lowest BCUT2D eigenvalue weighted by molar-refractivity contribution is -0.130. The second-order valence-electron chi connectivity index (χ2n) is 15.9. The Kier molecular flexibility index (Phi) is 11.8. The molecule has 1 N–H and O–H groups in total. The summed E-state index contributed by atoms with van der Waals surface area (Å²) in [4.78, 5) is 26.4. The van der Waals surface area contributed by atoms with E-state index < -0.39 is 0 Å². The fraction of sp³-hybridized carbons (Fsp3) is 0.524. The third-order valence-corrected chi connectivity index (χ3v) is 9.64. The molecule has 1 saturated heterocycles. The van der Waals surface area contributed by atoms with Gasteiger partial charge in [-0.1, -0.05) is 97.5 Å². The summed E-state index contributed by atoms with van der Waals surface area (Å²) in [5, 5.41) is 3.18. The number of carbonyl (C=O) groups excluding carboxylic acids is 2. The van der Waals surface area contributed by atoms with Crippen LogP contribution in [0.25, 0.3) is 16.7 Å². The van der Waals surface area contributed by atoms with Crippen LogP contribution in [0.5, 0.6) is 0 Å². The van der Waals surface area contributed by atoms with Crippen molar-refractivity contribution in [2.24, 2.45) is 17.3 Å². The van der Waals surface area contributed by atoms with E-state index in [1.807, 2.05) is 40.7 Å². The van der Waals surface area contributed by atoms with Crippen LogP contribution >= 0.6 is 0 Å². The zero-order valence-electron chi connectivity index (χ0n) is 30.3. The quantitative estimate of drug-likeness (QED) is 0.214. The van der Waals surface area contributed by atoms with E-state index in [4.69, 9.17) is 9.15 Å². The molecule has 47 heavy (non-hydrogen) atoms. The van der Waals surface area contributed by atoms with E-state index >= 15 is 0 Å². The number of rotatable bonds is 12. The van der Waals surface area contributed by atoms with Crippen molar-refractivity contribution in [1.29, 1.82) is 0 Å². The van der Waals surface area contributed by atoms with Crippen molar-refractivity contribution < 1.29 is 18.7 Å². The van der Waals surface area contributed by atoms with Gasteiger partial charge >= 0.3 is 0 Å². The molecule has 3 aromatic rings. The van der Waals surface area contributed by atoms with Crippen LogP contribution in [0, 0.1) is 24.2 Å². The predicted molar refractivity (Wildman–Crippen MR) is 195 cm³/mol. The van der Waals surface area contributed by atoms with E-state index in [0.29, 0.717) is 23.8 Å². The highest BCUT2D eigenvalue weighted by molar-refractivity contribution is 5.97. The molecule has 1 amide bonds. The molecule has 1 fully saturated rings. The normalized spacial score (nSPS) is 15.7. The highest BCUT2D eigenvalue weighted by atomic mass is 16.5. The van der Waals surface area contributed by atoms with Crippen molar-refractivity contribution in [3.63, 3.8) is 0 Å². The Hall–Kier alpha value is -3.44. The number of Topliss-reactive ketones (excluding diaryl/α,β-unsaturated/α-hetero) is 1. The largest absolute Gasteiger partial charge is 0.459 e. The first-order chi connectivity index (χ1) is 22.0. The lowest BCUT2D eigenvalue weighted by Crippen LogP contribution is -2.26. The molecule has 5 nitrogen and oxygen atoms in total. The number of nitrogens with one attached hydrogen (secondary N) is 1. The lowest BCUT2D eigenvalue weighted by atomic mass is 9.81. The fourth-order valence-electron chi connectivity index (χ4n) is 6.44. The number of ketones is 1. The van der Waals surface area contributed by atoms with Crippen LogP contribution in [0.1, 0.15) is 122 Å². The van der Waals surface area contributed by atoms with Crippen molar-refractivity contribution >= 4 is 23.0 Å². The van der Waals surface area contributed by atoms with Crippen LogP contribution in [-0.4, -0.2) is 24.9 Å². The minimum atomic E-state index is -0.375. The standard InChI is InChI=1S/C42H57NO4/c1-27-14-17-34(25-35(27)33-18-15-31(16-19-33)24-32-20-22-46-23-21-32)30(4)40(45)43-36-26-37(41(5,6)7)47-38(36)28(2)12-11-13-29(3)39(44)42(8,9)10/h14-19,25-26,29-30,32H,2,11-13,20-24H2,1,3-10H3,(H,43,45). The van der Waals surface area contributed by atoms with Crippen LogP contribution in [0.4, 0.5) is 5.69 Å². The molecular weight excluding hydrogens is 582 g/mol. The summed E-state index contributed by atoms with van der Waals surface area (Å²) >= 11 is 0. The van der Waals surface area contributed by atoms with E-state index in [9.17, 15) is 9.59 Å². The van der Waals surface area contributed by atoms with Gasteiger partial charge in [0.2, 0.25) is 5.91 Å². The minimum absolute atomic E-state index is 0.0148. The second kappa shape index (κ2) is 15.2. The molecule has 0 spiro atoms. The average molecular weight is 640 g/mol. The minimum Gasteiger partial charge on any atom is -0.459 e. The first-order valence-electron chi connectivity index (χ1n) is 17.5. The van der Waals surface area contributed by atoms with Gasteiger partial charge in [0.05, 0.1) is 11.6 Å². The molecule has 0 radical (unpaired) electrons. The molecule has 0 aliphatic carbocycles. The molecule has 4 rings (SSSR count). The third kappa shape index (κ3) is 9.56. The van der Waals surface area contributed by atoms with Gasteiger partial charge in [0.15, 0.2) is 5.76 Å². The van der Waals surface area contributed by atoms with E-state index in [0.717, 1.165) is 73.3 Å². The summed E-state index contributed by atoms with van der Waals surface area (Å²) in [5.74, 6) is 1.91. The monoisotopic (exact) mass is 639 g/mol. The molecule has 1 aromatic heterocycles. The van der Waals surface area contributed by atoms with E-state index in [1.54, 1.807) is 0 Å². The van der Waals surface area contributed by atoms with Crippen LogP contribution in [0.15, 0.2) is 59.5 Å². The molecule has 1 aliphatic rings. The zero-order chi connectivity index (χ0) is 34.5. The summed E-state index contributed by atoms with van der Waals surface area (Å²) in [5.41, 5.74) is 6.72. The topological polar surface area (TPSA) is 68.5 Å². The third-order valence-electron chi connectivity index (χ3n) is 9.64. The Labute approximate surface area is 283 Å². The van der Waals surface area contributed by atoms with Gasteiger partial charge in [0.25, 0.3) is 0 Å². The van der Waals surface area contributed by atoms with Gasteiger partial charge in [0.1, 0.15) is 11.5 Å². The summed E-state index contributed by atoms with van der Waals surface area (Å²) in [7, 11) is 0. The van der Waals surface area contributed by atoms with E-state index in [1.165, 1.54) is 11.1 Å². The highest BCUT2D eigenvalue weighted by Gasteiger charge is 2.28. The number of furan rings is 1. The molecule has 0 bridgehead atoms. The highest BCUT2D eigenvalue weighted by Crippen LogP contribution is 2.37. The summed E-state index contributed by atoms with van der Waals surface area (Å²) in [6.45, 7) is 24.4. The molecule has 2 atom stereocenters. The number of ether oxygens (including phenoxy) is 1. The first kappa shape index (κ1) is 36.4. The molecule has 2 heterocycles. The maximum Gasteiger partial charge on any atom is 0.231 e. The Morgan fingerprint density at radius 3 is 2.23 bits per heavy atom. The number of allylic oxidation sites excluding steroid dienone is 1. The molecular formula is C42H57NO4. The Morgan fingerprint density at radius 2 is 1.62 bits per heavy atom. The first-order valence-corrected chi connectivity index (χ1v) is 17.5. The maximum absolute atomic E-state index is 13.8. The number of hydrogen-bond donors (Lipinski definition) is 1. The average Bonchev–Trinajstić information content (AvgIpc) is 3.45. The summed E-state index contributed by atoms with van der Waals surface area (Å²) < 4.78 is 11.9. The predicted octanol–water partition coefficient (Wildman–Crippen LogP) is 10.7. The number of benzene rings is 2. The Morgan fingerprint density at radius 1 is 0.957 bits per heavy atom. The molecule has 0 saturated carbocycles. The number of carbonyl (C=O) groups is 2. The van der Waals surface area contributed by atoms with Gasteiger partial charge in [-0.3, -0.25) is 9.59 Å². The van der Waals surface area contributed by atoms with Gasteiger partial charge in [-0.05, 0) is 91.7 Å². The van der Waals surface area contributed by atoms with Crippen molar-refractivity contribution in [1.82, 2.24) is 0 Å². The van der Waals surface area contributed by atoms with Gasteiger partial charge in [-0.25, -0.2) is 0 Å². The van der Waals surface area contributed by atoms with Crippen molar-refractivity contribution in [2.75, 3.05) is 18.5 Å². The fourth-order valence-corrected chi connectivity index (χ4v) is 6.44. The number of amides is 1. The van der Waals surface area contributed by atoms with Crippen LogP contribution in [0.2, 0.25) is 0 Å². The molecule has 1 aliphatic heterocycles. The summed E-state index contributed by atoms with van der Waals surface area (Å²) in [6, 6.07) is 17.2. The molecule has 2 unspecified atom stereocenters. The van der Waals surface area contributed by atoms with E-state index in [-0.39, 0.29) is 34.4 Å². The van der Waals surface area contributed by atoms with Crippen LogP contribution < -0.4 is 5.32 Å². The molecule has 254 valence electrons. The van der Waals surface area contributed by atoms with Gasteiger partial charge in [0, 0.05) is 36.0 Å². The molecule has 5 heteroatoms. The van der Waals surface area contributed by atoms with Crippen LogP contribution in [-0.2, 0) is 26.2 Å². The maximum atomic E-state index is 13.8. The Bertz CT molecular complexity index is 1540. The smallest absolute Gasteiger partial charge is 0.231 e. The number of hydrogen-bond acceptors (Lipinski definition) is 4. The lowest BCUT2D eigenvalue weighted by Gasteiger charge is -2.22. The summed E-state index contributed by atoms with van der Waals surface area (Å²) in [6.07, 6.45) is 5.65. The van der Waals surface area contributed by atoms with Gasteiger partial charge in [-0.15, -0.1) is 0 Å². The van der Waals surface area contributed by atoms with Gasteiger partial charge in [-0.2, -0.15) is 0 Å². The van der Waals surface area contributed by atoms with E-state index in [2.05, 4.69) is 82.1 Å². The van der Waals surface area contributed by atoms with Crippen molar-refractivity contribution in [3.05, 3.63) is 83.3 Å². The number of aryl methyl sites for hydroxylation is 1. The Balaban J connectivity index is 1.47. The molecule has 2 aromatic carbocycles. The SMILES string of the molecule is C=C(CCCC(C)C(=O)C(C)(C)C)c1oc(C(C)(C)C)cc1NC(=O)C(C)c1ccc(C)c(-c2ccc(CC3CCOCC3)cc2)c1. The number of anilines is 1. The van der Waals surface area contributed by atoms with Crippen molar-refractivity contribution in [3.8, 4) is 11.1 Å².